The van der Waals surface area contributed by atoms with Crippen LogP contribution in [0.5, 0.6) is 0 Å². The van der Waals surface area contributed by atoms with E-state index in [9.17, 15) is 26.4 Å². The van der Waals surface area contributed by atoms with Gasteiger partial charge in [0.15, 0.2) is 0 Å². The number of carbonyl (C=O) groups is 1. The lowest BCUT2D eigenvalue weighted by Gasteiger charge is -2.27. The number of nitrogens with zero attached hydrogens (tertiary/aromatic N) is 2. The first-order valence-corrected chi connectivity index (χ1v) is 11.6. The molecule has 1 aliphatic rings. The quantitative estimate of drug-likeness (QED) is 0.654. The summed E-state index contributed by atoms with van der Waals surface area (Å²) in [6.07, 6.45) is -1.19. The summed E-state index contributed by atoms with van der Waals surface area (Å²) in [5, 5.41) is 0. The Labute approximate surface area is 180 Å². The molecule has 0 atom stereocenters. The fraction of sp³-hybridized carbons (Fsp3) is 0.409. The molecule has 1 amide bonds. The Hall–Kier alpha value is -2.39. The lowest BCUT2D eigenvalue weighted by molar-refractivity contribution is -0.139. The number of alkyl halides is 3. The second-order valence-corrected chi connectivity index (χ2v) is 9.45. The number of hydrogen-bond donors (Lipinski definition) is 0. The molecule has 168 valence electrons. The molecule has 2 aromatic rings. The highest BCUT2D eigenvalue weighted by atomic mass is 32.2. The van der Waals surface area contributed by atoms with Gasteiger partial charge in [0.1, 0.15) is 0 Å². The van der Waals surface area contributed by atoms with Crippen molar-refractivity contribution in [3.8, 4) is 0 Å². The zero-order valence-electron chi connectivity index (χ0n) is 17.0. The molecular weight excluding hydrogens is 429 g/mol. The van der Waals surface area contributed by atoms with Crippen molar-refractivity contribution in [3.63, 3.8) is 0 Å². The van der Waals surface area contributed by atoms with E-state index in [2.05, 4.69) is 0 Å². The number of likely N-dealkylation sites (tertiary alicyclic amines) is 1. The lowest BCUT2D eigenvalue weighted by atomic mass is 10.2. The van der Waals surface area contributed by atoms with Crippen LogP contribution in [0.1, 0.15) is 36.8 Å². The van der Waals surface area contributed by atoms with Crippen molar-refractivity contribution in [2.45, 2.75) is 43.3 Å². The van der Waals surface area contributed by atoms with Crippen molar-refractivity contribution in [2.24, 2.45) is 0 Å². The Morgan fingerprint density at radius 3 is 2.10 bits per heavy atom. The molecule has 31 heavy (non-hydrogen) atoms. The van der Waals surface area contributed by atoms with Gasteiger partial charge in [0, 0.05) is 19.6 Å². The minimum Gasteiger partial charge on any atom is -0.342 e. The molecule has 1 fully saturated rings. The Balaban J connectivity index is 1.96. The Bertz CT molecular complexity index is 987. The van der Waals surface area contributed by atoms with Gasteiger partial charge in [-0.15, -0.1) is 0 Å². The zero-order chi connectivity index (χ0) is 22.5. The van der Waals surface area contributed by atoms with E-state index in [1.54, 1.807) is 35.2 Å². The Morgan fingerprint density at radius 2 is 1.48 bits per heavy atom. The normalized spacial score (nSPS) is 15.7. The highest BCUT2D eigenvalue weighted by Gasteiger charge is 2.39. The molecule has 0 saturated carbocycles. The monoisotopic (exact) mass is 454 g/mol. The molecule has 0 aliphatic carbocycles. The summed E-state index contributed by atoms with van der Waals surface area (Å²) in [6, 6.07) is 12.6. The fourth-order valence-electron chi connectivity index (χ4n) is 3.65. The Kier molecular flexibility index (Phi) is 7.38. The number of carbonyl (C=O) groups excluding carboxylic acids is 1. The van der Waals surface area contributed by atoms with Gasteiger partial charge in [-0.25, -0.2) is 8.42 Å². The summed E-state index contributed by atoms with van der Waals surface area (Å²) >= 11 is 0. The van der Waals surface area contributed by atoms with E-state index in [1.165, 1.54) is 6.07 Å². The van der Waals surface area contributed by atoms with Gasteiger partial charge in [-0.2, -0.15) is 17.5 Å². The third-order valence-electron chi connectivity index (χ3n) is 5.28. The van der Waals surface area contributed by atoms with Crippen LogP contribution in [0.3, 0.4) is 0 Å². The largest absolute Gasteiger partial charge is 0.417 e. The van der Waals surface area contributed by atoms with Gasteiger partial charge in [0.05, 0.1) is 17.0 Å². The van der Waals surface area contributed by atoms with Crippen LogP contribution in [0.4, 0.5) is 13.2 Å². The zero-order valence-corrected chi connectivity index (χ0v) is 17.8. The van der Waals surface area contributed by atoms with Crippen molar-refractivity contribution in [2.75, 3.05) is 19.6 Å². The molecule has 0 spiro atoms. The first-order valence-electron chi connectivity index (χ1n) is 10.2. The maximum atomic E-state index is 13.5. The average molecular weight is 455 g/mol. The first kappa shape index (κ1) is 23.3. The van der Waals surface area contributed by atoms with Crippen LogP contribution in [0.15, 0.2) is 59.5 Å². The molecule has 0 bridgehead atoms. The third kappa shape index (κ3) is 5.86. The Morgan fingerprint density at radius 1 is 0.903 bits per heavy atom. The molecule has 0 N–H and O–H groups in total. The summed E-state index contributed by atoms with van der Waals surface area (Å²) < 4.78 is 68.1. The molecule has 0 aromatic heterocycles. The molecule has 1 saturated heterocycles. The minimum atomic E-state index is -4.84. The third-order valence-corrected chi connectivity index (χ3v) is 7.13. The lowest BCUT2D eigenvalue weighted by Crippen LogP contribution is -2.43. The van der Waals surface area contributed by atoms with Crippen molar-refractivity contribution in [3.05, 3.63) is 65.7 Å². The van der Waals surface area contributed by atoms with Crippen molar-refractivity contribution in [1.82, 2.24) is 9.21 Å². The van der Waals surface area contributed by atoms with E-state index >= 15 is 0 Å². The van der Waals surface area contributed by atoms with Crippen LogP contribution >= 0.6 is 0 Å². The van der Waals surface area contributed by atoms with E-state index in [0.717, 1.165) is 48.2 Å². The maximum Gasteiger partial charge on any atom is 0.417 e. The predicted octanol–water partition coefficient (Wildman–Crippen LogP) is 4.30. The van der Waals surface area contributed by atoms with Gasteiger partial charge in [-0.05, 0) is 30.5 Å². The second kappa shape index (κ2) is 9.82. The molecule has 9 heteroatoms. The van der Waals surface area contributed by atoms with Gasteiger partial charge < -0.3 is 4.90 Å². The summed E-state index contributed by atoms with van der Waals surface area (Å²) in [7, 11) is -4.59. The van der Waals surface area contributed by atoms with Gasteiger partial charge in [0.2, 0.25) is 15.9 Å². The van der Waals surface area contributed by atoms with Crippen molar-refractivity contribution in [1.29, 1.82) is 0 Å². The van der Waals surface area contributed by atoms with Crippen LogP contribution < -0.4 is 0 Å². The topological polar surface area (TPSA) is 57.7 Å². The molecule has 0 radical (unpaired) electrons. The second-order valence-electron chi connectivity index (χ2n) is 7.55. The van der Waals surface area contributed by atoms with E-state index in [-0.39, 0.29) is 6.54 Å². The molecule has 0 unspecified atom stereocenters. The standard InChI is InChI=1S/C22H25F3N2O3S/c23-22(24,25)19-12-6-7-13-20(19)31(29,30)27(16-18-10-4-3-5-11-18)17-21(28)26-14-8-1-2-9-15-26/h3-7,10-13H,1-2,8-9,14-17H2. The van der Waals surface area contributed by atoms with Gasteiger partial charge >= 0.3 is 6.18 Å². The predicted molar refractivity (Wildman–Crippen MR) is 111 cm³/mol. The molecule has 1 aliphatic heterocycles. The first-order chi connectivity index (χ1) is 14.7. The van der Waals surface area contributed by atoms with Crippen LogP contribution in [0, 0.1) is 0 Å². The number of rotatable bonds is 6. The van der Waals surface area contributed by atoms with Gasteiger partial charge in [0.25, 0.3) is 0 Å². The van der Waals surface area contributed by atoms with Crippen LogP contribution in [-0.2, 0) is 27.5 Å². The summed E-state index contributed by atoms with van der Waals surface area (Å²) in [6.45, 7) is 0.340. The van der Waals surface area contributed by atoms with Crippen molar-refractivity contribution >= 4 is 15.9 Å². The number of amides is 1. The SMILES string of the molecule is O=C(CN(Cc1ccccc1)S(=O)(=O)c1ccccc1C(F)(F)F)N1CCCCCC1. The fourth-order valence-corrected chi connectivity index (χ4v) is 5.24. The molecule has 3 rings (SSSR count). The molecular formula is C22H25F3N2O3S. The average Bonchev–Trinajstić information content (AvgIpc) is 3.03. The molecule has 2 aromatic carbocycles. The van der Waals surface area contributed by atoms with E-state index in [1.807, 2.05) is 0 Å². The number of halogens is 3. The maximum absolute atomic E-state index is 13.5. The van der Waals surface area contributed by atoms with Gasteiger partial charge in [-0.1, -0.05) is 55.3 Å². The van der Waals surface area contributed by atoms with E-state index in [4.69, 9.17) is 0 Å². The van der Waals surface area contributed by atoms with Crippen molar-refractivity contribution < 1.29 is 26.4 Å². The van der Waals surface area contributed by atoms with Gasteiger partial charge in [-0.3, -0.25) is 4.79 Å². The molecule has 5 nitrogen and oxygen atoms in total. The minimum absolute atomic E-state index is 0.199. The number of benzene rings is 2. The highest BCUT2D eigenvalue weighted by molar-refractivity contribution is 7.89. The summed E-state index contributed by atoms with van der Waals surface area (Å²) in [4.78, 5) is 13.7. The van der Waals surface area contributed by atoms with E-state index in [0.29, 0.717) is 18.7 Å². The van der Waals surface area contributed by atoms with Crippen LogP contribution in [-0.4, -0.2) is 43.2 Å². The summed E-state index contributed by atoms with van der Waals surface area (Å²) in [5.41, 5.74) is -0.658. The molecule has 1 heterocycles. The highest BCUT2D eigenvalue weighted by Crippen LogP contribution is 2.35. The number of sulfonamides is 1. The number of hydrogen-bond acceptors (Lipinski definition) is 3. The smallest absolute Gasteiger partial charge is 0.342 e. The summed E-state index contributed by atoms with van der Waals surface area (Å²) in [5.74, 6) is -0.397. The van der Waals surface area contributed by atoms with E-state index < -0.39 is 39.1 Å². The van der Waals surface area contributed by atoms with Crippen LogP contribution in [0.2, 0.25) is 0 Å². The van der Waals surface area contributed by atoms with Crippen LogP contribution in [0.25, 0.3) is 0 Å².